The van der Waals surface area contributed by atoms with Gasteiger partial charge in [-0.1, -0.05) is 0 Å². The van der Waals surface area contributed by atoms with Crippen LogP contribution in [-0.2, 0) is 16.6 Å². The van der Waals surface area contributed by atoms with Gasteiger partial charge in [-0.3, -0.25) is 14.6 Å². The molecule has 0 spiro atoms. The molecule has 21 heavy (non-hydrogen) atoms. The number of amides is 1. The summed E-state index contributed by atoms with van der Waals surface area (Å²) < 4.78 is 6.47. The molecule has 1 atom stereocenters. The number of H-pyrrole nitrogens is 1. The number of aromatic amines is 1. The third kappa shape index (κ3) is 3.47. The van der Waals surface area contributed by atoms with E-state index in [-0.39, 0.29) is 12.3 Å². The van der Waals surface area contributed by atoms with Gasteiger partial charge in [-0.15, -0.1) is 0 Å². The van der Waals surface area contributed by atoms with Crippen LogP contribution < -0.4 is 5.32 Å². The first-order valence-corrected chi connectivity index (χ1v) is 6.53. The normalized spacial score (nSPS) is 12.0. The lowest BCUT2D eigenvalue weighted by atomic mass is 10.2. The van der Waals surface area contributed by atoms with Crippen LogP contribution in [-0.4, -0.2) is 44.5 Å². The van der Waals surface area contributed by atoms with E-state index >= 15 is 0 Å². The lowest BCUT2D eigenvalue weighted by Crippen LogP contribution is -2.39. The lowest BCUT2D eigenvalue weighted by Gasteiger charge is -2.11. The summed E-state index contributed by atoms with van der Waals surface area (Å²) in [7, 11) is 1.80. The van der Waals surface area contributed by atoms with Crippen molar-refractivity contribution < 1.29 is 14.3 Å². The molecule has 1 unspecified atom stereocenters. The van der Waals surface area contributed by atoms with Crippen molar-refractivity contribution in [3.05, 3.63) is 24.2 Å². The molecule has 0 saturated carbocycles. The molecule has 2 heterocycles. The maximum absolute atomic E-state index is 12.0. The van der Waals surface area contributed by atoms with E-state index in [4.69, 9.17) is 4.74 Å². The quantitative estimate of drug-likeness (QED) is 0.781. The van der Waals surface area contributed by atoms with Gasteiger partial charge in [0, 0.05) is 18.8 Å². The Morgan fingerprint density at radius 3 is 2.90 bits per heavy atom. The minimum Gasteiger partial charge on any atom is -0.464 e. The molecule has 0 aliphatic carbocycles. The van der Waals surface area contributed by atoms with Gasteiger partial charge in [0.15, 0.2) is 0 Å². The predicted octanol–water partition coefficient (Wildman–Crippen LogP) is 0.492. The topological polar surface area (TPSA) is 102 Å². The molecule has 8 heteroatoms. The van der Waals surface area contributed by atoms with Gasteiger partial charge in [0.1, 0.15) is 11.7 Å². The van der Waals surface area contributed by atoms with Crippen molar-refractivity contribution in [2.24, 2.45) is 7.05 Å². The number of aromatic nitrogens is 4. The summed E-state index contributed by atoms with van der Waals surface area (Å²) >= 11 is 0. The summed E-state index contributed by atoms with van der Waals surface area (Å²) in [5.74, 6) is -0.893. The van der Waals surface area contributed by atoms with Crippen LogP contribution in [0.1, 0.15) is 24.3 Å². The number of rotatable bonds is 5. The average Bonchev–Trinajstić information content (AvgIpc) is 3.07. The first-order valence-electron chi connectivity index (χ1n) is 6.53. The number of hydrogen-bond donors (Lipinski definition) is 2. The summed E-state index contributed by atoms with van der Waals surface area (Å²) in [5.41, 5.74) is 1.67. The number of esters is 1. The van der Waals surface area contributed by atoms with E-state index in [0.29, 0.717) is 5.69 Å². The Kier molecular flexibility index (Phi) is 4.36. The first kappa shape index (κ1) is 14.8. The van der Waals surface area contributed by atoms with Gasteiger partial charge in [-0.05, 0) is 19.9 Å². The molecule has 2 aromatic rings. The van der Waals surface area contributed by atoms with Crippen LogP contribution in [0.5, 0.6) is 0 Å². The fraction of sp³-hybridized carbons (Fsp3) is 0.385. The van der Waals surface area contributed by atoms with Gasteiger partial charge < -0.3 is 10.1 Å². The van der Waals surface area contributed by atoms with Crippen molar-refractivity contribution in [1.29, 1.82) is 0 Å². The van der Waals surface area contributed by atoms with Crippen molar-refractivity contribution in [1.82, 2.24) is 25.3 Å². The Bertz CT molecular complexity index is 646. The Morgan fingerprint density at radius 2 is 2.29 bits per heavy atom. The number of carbonyl (C=O) groups is 2. The van der Waals surface area contributed by atoms with Crippen LogP contribution in [0.3, 0.4) is 0 Å². The Balaban J connectivity index is 2.04. The first-order chi connectivity index (χ1) is 10.0. The van der Waals surface area contributed by atoms with Gasteiger partial charge in [0.05, 0.1) is 18.5 Å². The highest BCUT2D eigenvalue weighted by Gasteiger charge is 2.19. The molecular formula is C13H17N5O3. The van der Waals surface area contributed by atoms with E-state index in [1.165, 1.54) is 0 Å². The summed E-state index contributed by atoms with van der Waals surface area (Å²) in [5, 5.41) is 13.3. The van der Waals surface area contributed by atoms with Crippen LogP contribution in [0.25, 0.3) is 11.3 Å². The summed E-state index contributed by atoms with van der Waals surface area (Å²) in [6.07, 6.45) is 3.44. The average molecular weight is 291 g/mol. The van der Waals surface area contributed by atoms with E-state index in [1.807, 2.05) is 0 Å². The molecule has 0 aromatic carbocycles. The van der Waals surface area contributed by atoms with E-state index in [0.717, 1.165) is 5.56 Å². The Hall–Kier alpha value is -2.64. The Labute approximate surface area is 121 Å². The predicted molar refractivity (Wildman–Crippen MR) is 74.4 cm³/mol. The smallest absolute Gasteiger partial charge is 0.328 e. The highest BCUT2D eigenvalue weighted by molar-refractivity contribution is 5.95. The molecule has 8 nitrogen and oxygen atoms in total. The summed E-state index contributed by atoms with van der Waals surface area (Å²) in [6, 6.07) is 0.882. The Morgan fingerprint density at radius 1 is 1.52 bits per heavy atom. The molecule has 0 saturated heterocycles. The molecule has 0 aliphatic rings. The van der Waals surface area contributed by atoms with E-state index in [9.17, 15) is 9.59 Å². The van der Waals surface area contributed by atoms with Crippen molar-refractivity contribution in [3.63, 3.8) is 0 Å². The zero-order valence-electron chi connectivity index (χ0n) is 12.1. The number of aryl methyl sites for hydroxylation is 1. The molecule has 112 valence electrons. The molecule has 2 rings (SSSR count). The van der Waals surface area contributed by atoms with Gasteiger partial charge in [-0.2, -0.15) is 10.2 Å². The third-order valence-electron chi connectivity index (χ3n) is 2.81. The second-order valence-corrected chi connectivity index (χ2v) is 4.52. The fourth-order valence-corrected chi connectivity index (χ4v) is 1.74. The maximum Gasteiger partial charge on any atom is 0.328 e. The standard InChI is InChI=1S/C13H17N5O3/c1-4-21-13(20)8(2)15-12(19)11-5-10(16-17-11)9-6-14-18(3)7-9/h5-8H,4H2,1-3H3,(H,15,19)(H,16,17). The van der Waals surface area contributed by atoms with Gasteiger partial charge >= 0.3 is 5.97 Å². The number of nitrogens with zero attached hydrogens (tertiary/aromatic N) is 3. The minimum absolute atomic E-state index is 0.269. The van der Waals surface area contributed by atoms with Crippen LogP contribution in [0.15, 0.2) is 18.5 Å². The number of ether oxygens (including phenoxy) is 1. The second-order valence-electron chi connectivity index (χ2n) is 4.52. The van der Waals surface area contributed by atoms with E-state index in [1.54, 1.807) is 44.0 Å². The van der Waals surface area contributed by atoms with E-state index < -0.39 is 17.9 Å². The number of hydrogen-bond acceptors (Lipinski definition) is 5. The highest BCUT2D eigenvalue weighted by Crippen LogP contribution is 2.16. The molecule has 0 radical (unpaired) electrons. The second kappa shape index (κ2) is 6.21. The van der Waals surface area contributed by atoms with Crippen LogP contribution in [0.4, 0.5) is 0 Å². The number of carbonyl (C=O) groups excluding carboxylic acids is 2. The van der Waals surface area contributed by atoms with Crippen molar-refractivity contribution in [3.8, 4) is 11.3 Å². The zero-order chi connectivity index (χ0) is 15.4. The molecule has 1 amide bonds. The molecule has 0 fully saturated rings. The maximum atomic E-state index is 12.0. The molecule has 2 aromatic heterocycles. The van der Waals surface area contributed by atoms with Crippen LogP contribution in [0, 0.1) is 0 Å². The largest absolute Gasteiger partial charge is 0.464 e. The van der Waals surface area contributed by atoms with E-state index in [2.05, 4.69) is 20.6 Å². The van der Waals surface area contributed by atoms with Crippen LogP contribution >= 0.6 is 0 Å². The minimum atomic E-state index is -0.720. The van der Waals surface area contributed by atoms with Crippen LogP contribution in [0.2, 0.25) is 0 Å². The monoisotopic (exact) mass is 291 g/mol. The van der Waals surface area contributed by atoms with Crippen molar-refractivity contribution >= 4 is 11.9 Å². The van der Waals surface area contributed by atoms with Crippen molar-refractivity contribution in [2.75, 3.05) is 6.61 Å². The van der Waals surface area contributed by atoms with Gasteiger partial charge in [-0.25, -0.2) is 4.79 Å². The molecule has 2 N–H and O–H groups in total. The van der Waals surface area contributed by atoms with Crippen molar-refractivity contribution in [2.45, 2.75) is 19.9 Å². The third-order valence-corrected chi connectivity index (χ3v) is 2.81. The van der Waals surface area contributed by atoms with Gasteiger partial charge in [0.25, 0.3) is 5.91 Å². The number of nitrogens with one attached hydrogen (secondary N) is 2. The zero-order valence-corrected chi connectivity index (χ0v) is 12.1. The molecular weight excluding hydrogens is 274 g/mol. The molecule has 0 bridgehead atoms. The SMILES string of the molecule is CCOC(=O)C(C)NC(=O)c1cc(-c2cnn(C)c2)n[nH]1. The fourth-order valence-electron chi connectivity index (χ4n) is 1.74. The summed E-state index contributed by atoms with van der Waals surface area (Å²) in [4.78, 5) is 23.5. The van der Waals surface area contributed by atoms with Gasteiger partial charge in [0.2, 0.25) is 0 Å². The lowest BCUT2D eigenvalue weighted by molar-refractivity contribution is -0.144. The summed E-state index contributed by atoms with van der Waals surface area (Å²) in [6.45, 7) is 3.55. The molecule has 0 aliphatic heterocycles. The highest BCUT2D eigenvalue weighted by atomic mass is 16.5.